The molecule has 0 spiro atoms. The molecule has 20 heavy (non-hydrogen) atoms. The van der Waals surface area contributed by atoms with E-state index in [0.717, 1.165) is 58.5 Å². The molecule has 4 nitrogen and oxygen atoms in total. The van der Waals surface area contributed by atoms with Gasteiger partial charge in [0.15, 0.2) is 0 Å². The second-order valence-corrected chi connectivity index (χ2v) is 6.71. The molecule has 1 amide bonds. The predicted molar refractivity (Wildman–Crippen MR) is 87.5 cm³/mol. The molecular weight excluding hydrogens is 274 g/mol. The zero-order valence-corrected chi connectivity index (χ0v) is 14.2. The van der Waals surface area contributed by atoms with Gasteiger partial charge >= 0.3 is 0 Å². The van der Waals surface area contributed by atoms with Crippen LogP contribution in [-0.4, -0.2) is 50.1 Å². The van der Waals surface area contributed by atoms with E-state index in [4.69, 9.17) is 0 Å². The third-order valence-corrected chi connectivity index (χ3v) is 3.51. The fourth-order valence-corrected chi connectivity index (χ4v) is 2.33. The van der Waals surface area contributed by atoms with Crippen molar-refractivity contribution in [2.75, 3.05) is 39.3 Å². The standard InChI is InChI=1S/C15H31N3O.ClH/c1-15(2,3)7-4-6-14(19)17-8-5-11-18-12-9-16-10-13-18;/h16H,4-13H2,1-3H3,(H,17,19);1H. The lowest BCUT2D eigenvalue weighted by atomic mass is 9.90. The minimum atomic E-state index is 0. The molecule has 1 heterocycles. The number of carbonyl (C=O) groups is 1. The lowest BCUT2D eigenvalue weighted by Gasteiger charge is -2.27. The van der Waals surface area contributed by atoms with Crippen molar-refractivity contribution in [1.29, 1.82) is 0 Å². The lowest BCUT2D eigenvalue weighted by Crippen LogP contribution is -2.44. The molecule has 0 unspecified atom stereocenters. The molecule has 120 valence electrons. The third kappa shape index (κ3) is 10.5. The van der Waals surface area contributed by atoms with Crippen molar-refractivity contribution in [3.63, 3.8) is 0 Å². The number of rotatable bonds is 7. The highest BCUT2D eigenvalue weighted by molar-refractivity contribution is 5.85. The zero-order chi connectivity index (χ0) is 14.1. The van der Waals surface area contributed by atoms with Crippen LogP contribution in [-0.2, 0) is 4.79 Å². The van der Waals surface area contributed by atoms with Crippen LogP contribution in [0.15, 0.2) is 0 Å². The van der Waals surface area contributed by atoms with Crippen molar-refractivity contribution in [3.05, 3.63) is 0 Å². The van der Waals surface area contributed by atoms with Crippen LogP contribution in [0.3, 0.4) is 0 Å². The van der Waals surface area contributed by atoms with Gasteiger partial charge in [0, 0.05) is 39.1 Å². The van der Waals surface area contributed by atoms with E-state index in [1.165, 1.54) is 0 Å². The largest absolute Gasteiger partial charge is 0.356 e. The summed E-state index contributed by atoms with van der Waals surface area (Å²) in [4.78, 5) is 14.1. The molecule has 1 fully saturated rings. The Bertz CT molecular complexity index is 260. The maximum atomic E-state index is 11.6. The summed E-state index contributed by atoms with van der Waals surface area (Å²) in [5, 5.41) is 6.37. The molecule has 0 atom stereocenters. The summed E-state index contributed by atoms with van der Waals surface area (Å²) in [5.74, 6) is 0.213. The average molecular weight is 306 g/mol. The van der Waals surface area contributed by atoms with Crippen LogP contribution in [0.4, 0.5) is 0 Å². The highest BCUT2D eigenvalue weighted by atomic mass is 35.5. The molecule has 2 N–H and O–H groups in total. The first-order valence-corrected chi connectivity index (χ1v) is 7.67. The van der Waals surface area contributed by atoms with Crippen molar-refractivity contribution in [3.8, 4) is 0 Å². The van der Waals surface area contributed by atoms with Gasteiger partial charge in [-0.15, -0.1) is 12.4 Å². The Balaban J connectivity index is 0.00000361. The SMILES string of the molecule is CC(C)(C)CCCC(=O)NCCCN1CCNCC1.Cl. The Morgan fingerprint density at radius 1 is 1.20 bits per heavy atom. The van der Waals surface area contributed by atoms with Gasteiger partial charge in [0.2, 0.25) is 5.91 Å². The van der Waals surface area contributed by atoms with Crippen LogP contribution in [0, 0.1) is 5.41 Å². The normalized spacial score (nSPS) is 16.6. The summed E-state index contributed by atoms with van der Waals surface area (Å²) >= 11 is 0. The van der Waals surface area contributed by atoms with E-state index in [0.29, 0.717) is 11.8 Å². The van der Waals surface area contributed by atoms with Crippen molar-refractivity contribution in [2.24, 2.45) is 5.41 Å². The summed E-state index contributed by atoms with van der Waals surface area (Å²) in [5.41, 5.74) is 0.336. The minimum absolute atomic E-state index is 0. The van der Waals surface area contributed by atoms with Gasteiger partial charge in [-0.3, -0.25) is 4.79 Å². The minimum Gasteiger partial charge on any atom is -0.356 e. The van der Waals surface area contributed by atoms with Gasteiger partial charge in [-0.1, -0.05) is 20.8 Å². The summed E-state index contributed by atoms with van der Waals surface area (Å²) in [6.45, 7) is 13.1. The first-order chi connectivity index (χ1) is 8.97. The highest BCUT2D eigenvalue weighted by Gasteiger charge is 2.11. The highest BCUT2D eigenvalue weighted by Crippen LogP contribution is 2.21. The van der Waals surface area contributed by atoms with Crippen LogP contribution in [0.5, 0.6) is 0 Å². The van der Waals surface area contributed by atoms with E-state index in [1.807, 2.05) is 0 Å². The van der Waals surface area contributed by atoms with E-state index in [1.54, 1.807) is 0 Å². The van der Waals surface area contributed by atoms with Crippen LogP contribution in [0.25, 0.3) is 0 Å². The summed E-state index contributed by atoms with van der Waals surface area (Å²) in [7, 11) is 0. The van der Waals surface area contributed by atoms with E-state index in [9.17, 15) is 4.79 Å². The van der Waals surface area contributed by atoms with Crippen molar-refractivity contribution in [2.45, 2.75) is 46.5 Å². The fourth-order valence-electron chi connectivity index (χ4n) is 2.33. The Labute approximate surface area is 130 Å². The number of hydrogen-bond acceptors (Lipinski definition) is 3. The van der Waals surface area contributed by atoms with Crippen molar-refractivity contribution < 1.29 is 4.79 Å². The van der Waals surface area contributed by atoms with Crippen LogP contribution in [0.2, 0.25) is 0 Å². The second kappa shape index (κ2) is 10.4. The summed E-state index contributed by atoms with van der Waals surface area (Å²) < 4.78 is 0. The number of amides is 1. The molecule has 0 aromatic heterocycles. The fraction of sp³-hybridized carbons (Fsp3) is 0.933. The van der Waals surface area contributed by atoms with Gasteiger partial charge in [0.05, 0.1) is 0 Å². The van der Waals surface area contributed by atoms with Crippen molar-refractivity contribution in [1.82, 2.24) is 15.5 Å². The molecule has 0 saturated carbocycles. The van der Waals surface area contributed by atoms with Crippen LogP contribution in [0.1, 0.15) is 46.5 Å². The van der Waals surface area contributed by atoms with Crippen LogP contribution < -0.4 is 10.6 Å². The van der Waals surface area contributed by atoms with E-state index in [2.05, 4.69) is 36.3 Å². The summed E-state index contributed by atoms with van der Waals surface area (Å²) in [6.07, 6.45) is 3.84. The smallest absolute Gasteiger partial charge is 0.219 e. The van der Waals surface area contributed by atoms with E-state index >= 15 is 0 Å². The molecule has 1 rings (SSSR count). The Hall–Kier alpha value is -0.320. The third-order valence-electron chi connectivity index (χ3n) is 3.51. The van der Waals surface area contributed by atoms with Gasteiger partial charge in [0.1, 0.15) is 0 Å². The molecule has 1 saturated heterocycles. The molecule has 5 heteroatoms. The summed E-state index contributed by atoms with van der Waals surface area (Å²) in [6, 6.07) is 0. The first kappa shape index (κ1) is 19.7. The predicted octanol–water partition coefficient (Wildman–Crippen LogP) is 2.04. The molecule has 0 radical (unpaired) electrons. The van der Waals surface area contributed by atoms with Gasteiger partial charge < -0.3 is 15.5 Å². The molecule has 1 aliphatic heterocycles. The number of nitrogens with one attached hydrogen (secondary N) is 2. The van der Waals surface area contributed by atoms with E-state index in [-0.39, 0.29) is 18.3 Å². The zero-order valence-electron chi connectivity index (χ0n) is 13.3. The Morgan fingerprint density at radius 2 is 1.85 bits per heavy atom. The maximum Gasteiger partial charge on any atom is 0.219 e. The Kier molecular flexibility index (Phi) is 10.2. The van der Waals surface area contributed by atoms with Gasteiger partial charge in [-0.2, -0.15) is 0 Å². The lowest BCUT2D eigenvalue weighted by molar-refractivity contribution is -0.121. The van der Waals surface area contributed by atoms with Gasteiger partial charge in [-0.05, 0) is 31.2 Å². The maximum absolute atomic E-state index is 11.6. The van der Waals surface area contributed by atoms with Gasteiger partial charge in [-0.25, -0.2) is 0 Å². The van der Waals surface area contributed by atoms with Gasteiger partial charge in [0.25, 0.3) is 0 Å². The number of carbonyl (C=O) groups excluding carboxylic acids is 1. The molecule has 1 aliphatic rings. The topological polar surface area (TPSA) is 44.4 Å². The quantitative estimate of drug-likeness (QED) is 0.708. The number of nitrogens with zero attached hydrogens (tertiary/aromatic N) is 1. The monoisotopic (exact) mass is 305 g/mol. The molecule has 0 aromatic carbocycles. The molecule has 0 aliphatic carbocycles. The Morgan fingerprint density at radius 3 is 2.45 bits per heavy atom. The van der Waals surface area contributed by atoms with Crippen molar-refractivity contribution >= 4 is 18.3 Å². The number of halogens is 1. The second-order valence-electron chi connectivity index (χ2n) is 6.71. The molecule has 0 aromatic rings. The molecular formula is C15H32ClN3O. The van der Waals surface area contributed by atoms with Crippen LogP contribution >= 0.6 is 12.4 Å². The molecule has 0 bridgehead atoms. The first-order valence-electron chi connectivity index (χ1n) is 7.67. The number of piperazine rings is 1. The van der Waals surface area contributed by atoms with E-state index < -0.39 is 0 Å². The average Bonchev–Trinajstić information content (AvgIpc) is 2.34. The number of hydrogen-bond donors (Lipinski definition) is 2.